The van der Waals surface area contributed by atoms with Crippen molar-refractivity contribution in [2.75, 3.05) is 6.54 Å². The summed E-state index contributed by atoms with van der Waals surface area (Å²) in [5.41, 5.74) is 6.17. The van der Waals surface area contributed by atoms with Gasteiger partial charge in [-0.3, -0.25) is 9.36 Å². The van der Waals surface area contributed by atoms with E-state index in [1.807, 2.05) is 0 Å². The van der Waals surface area contributed by atoms with Crippen LogP contribution < -0.4 is 10.5 Å². The van der Waals surface area contributed by atoms with Crippen LogP contribution in [0.15, 0.2) is 29.7 Å². The summed E-state index contributed by atoms with van der Waals surface area (Å²) in [5.74, 6) is 0. The van der Waals surface area contributed by atoms with E-state index in [2.05, 4.69) is 14.9 Å². The Balaban J connectivity index is 2.04. The van der Waals surface area contributed by atoms with Crippen molar-refractivity contribution < 1.29 is 8.42 Å². The average molecular weight is 284 g/mol. The number of aryl methyl sites for hydroxylation is 1. The standard InChI is InChI=1S/C10H16N6O2S/c1-15-7-9(4-12-15)5-14-19(17,18)10-6-13-16(8-10)3-2-11/h4,6-8,14H,2-3,5,11H2,1H3. The fraction of sp³-hybridized carbons (Fsp3) is 0.400. The molecule has 8 nitrogen and oxygen atoms in total. The van der Waals surface area contributed by atoms with E-state index in [9.17, 15) is 8.42 Å². The molecule has 9 heteroatoms. The third-order valence-electron chi connectivity index (χ3n) is 2.50. The molecule has 0 aromatic carbocycles. The zero-order valence-electron chi connectivity index (χ0n) is 10.5. The van der Waals surface area contributed by atoms with Crippen LogP contribution in [0.25, 0.3) is 0 Å². The van der Waals surface area contributed by atoms with Crippen LogP contribution in [-0.4, -0.2) is 34.5 Å². The number of aromatic nitrogens is 4. The molecule has 0 unspecified atom stereocenters. The predicted octanol–water partition coefficient (Wildman–Crippen LogP) is -0.946. The largest absolute Gasteiger partial charge is 0.329 e. The zero-order chi connectivity index (χ0) is 13.9. The van der Waals surface area contributed by atoms with Gasteiger partial charge in [-0.25, -0.2) is 13.1 Å². The number of sulfonamides is 1. The van der Waals surface area contributed by atoms with Gasteiger partial charge in [0.15, 0.2) is 0 Å². The molecular weight excluding hydrogens is 268 g/mol. The van der Waals surface area contributed by atoms with Crippen LogP contribution in [0, 0.1) is 0 Å². The number of nitrogens with zero attached hydrogens (tertiary/aromatic N) is 4. The number of nitrogens with one attached hydrogen (secondary N) is 1. The van der Waals surface area contributed by atoms with E-state index in [-0.39, 0.29) is 11.4 Å². The number of hydrogen-bond donors (Lipinski definition) is 2. The second-order valence-corrected chi connectivity index (χ2v) is 5.84. The summed E-state index contributed by atoms with van der Waals surface area (Å²) >= 11 is 0. The Morgan fingerprint density at radius 3 is 2.74 bits per heavy atom. The molecule has 0 aliphatic carbocycles. The lowest BCUT2D eigenvalue weighted by Gasteiger charge is -2.02. The molecule has 0 bridgehead atoms. The Morgan fingerprint density at radius 2 is 2.11 bits per heavy atom. The summed E-state index contributed by atoms with van der Waals surface area (Å²) in [7, 11) is -1.79. The minimum absolute atomic E-state index is 0.129. The monoisotopic (exact) mass is 284 g/mol. The molecule has 2 rings (SSSR count). The maximum absolute atomic E-state index is 12.0. The lowest BCUT2D eigenvalue weighted by Crippen LogP contribution is -2.22. The van der Waals surface area contributed by atoms with E-state index in [4.69, 9.17) is 5.73 Å². The molecule has 19 heavy (non-hydrogen) atoms. The summed E-state index contributed by atoms with van der Waals surface area (Å²) in [4.78, 5) is 0.129. The zero-order valence-corrected chi connectivity index (χ0v) is 11.3. The van der Waals surface area contributed by atoms with Crippen molar-refractivity contribution in [3.63, 3.8) is 0 Å². The van der Waals surface area contributed by atoms with Crippen LogP contribution in [0.3, 0.4) is 0 Å². The van der Waals surface area contributed by atoms with Gasteiger partial charge in [-0.15, -0.1) is 0 Å². The van der Waals surface area contributed by atoms with Gasteiger partial charge in [-0.05, 0) is 0 Å². The average Bonchev–Trinajstić information content (AvgIpc) is 2.97. The third kappa shape index (κ3) is 3.40. The van der Waals surface area contributed by atoms with Gasteiger partial charge >= 0.3 is 0 Å². The van der Waals surface area contributed by atoms with Crippen molar-refractivity contribution in [2.45, 2.75) is 18.0 Å². The van der Waals surface area contributed by atoms with E-state index in [1.54, 1.807) is 24.1 Å². The quantitative estimate of drug-likeness (QED) is 0.711. The molecule has 0 aliphatic rings. The molecule has 0 saturated carbocycles. The molecule has 0 amide bonds. The van der Waals surface area contributed by atoms with E-state index in [0.29, 0.717) is 13.1 Å². The third-order valence-corrected chi connectivity index (χ3v) is 3.86. The number of rotatable bonds is 6. The van der Waals surface area contributed by atoms with E-state index >= 15 is 0 Å². The van der Waals surface area contributed by atoms with Crippen molar-refractivity contribution in [2.24, 2.45) is 12.8 Å². The van der Waals surface area contributed by atoms with Crippen LogP contribution in [-0.2, 0) is 30.2 Å². The normalized spacial score (nSPS) is 11.9. The SMILES string of the molecule is Cn1cc(CNS(=O)(=O)c2cnn(CCN)c2)cn1. The first-order valence-electron chi connectivity index (χ1n) is 5.71. The molecule has 0 radical (unpaired) electrons. The van der Waals surface area contributed by atoms with Gasteiger partial charge in [0, 0.05) is 38.1 Å². The Morgan fingerprint density at radius 1 is 1.32 bits per heavy atom. The smallest absolute Gasteiger partial charge is 0.243 e. The Hall–Kier alpha value is -1.71. The highest BCUT2D eigenvalue weighted by molar-refractivity contribution is 7.89. The molecule has 0 atom stereocenters. The van der Waals surface area contributed by atoms with Crippen LogP contribution >= 0.6 is 0 Å². The van der Waals surface area contributed by atoms with Crippen molar-refractivity contribution >= 4 is 10.0 Å². The molecule has 104 valence electrons. The Bertz CT molecular complexity index is 645. The number of hydrogen-bond acceptors (Lipinski definition) is 5. The fourth-order valence-corrected chi connectivity index (χ4v) is 2.53. The second-order valence-electron chi connectivity index (χ2n) is 4.07. The van der Waals surface area contributed by atoms with Gasteiger partial charge in [-0.2, -0.15) is 10.2 Å². The van der Waals surface area contributed by atoms with Gasteiger partial charge in [-0.1, -0.05) is 0 Å². The topological polar surface area (TPSA) is 108 Å². The van der Waals surface area contributed by atoms with Gasteiger partial charge in [0.05, 0.1) is 18.9 Å². The van der Waals surface area contributed by atoms with Crippen LogP contribution in [0.4, 0.5) is 0 Å². The molecule has 2 aromatic rings. The maximum Gasteiger partial charge on any atom is 0.243 e. The summed E-state index contributed by atoms with van der Waals surface area (Å²) in [6, 6.07) is 0. The predicted molar refractivity (Wildman–Crippen MR) is 68.5 cm³/mol. The Kier molecular flexibility index (Phi) is 3.98. The van der Waals surface area contributed by atoms with Gasteiger partial charge in [0.25, 0.3) is 0 Å². The van der Waals surface area contributed by atoms with E-state index < -0.39 is 10.0 Å². The van der Waals surface area contributed by atoms with Gasteiger partial charge in [0.2, 0.25) is 10.0 Å². The van der Waals surface area contributed by atoms with E-state index in [0.717, 1.165) is 5.56 Å². The molecular formula is C10H16N6O2S. The fourth-order valence-electron chi connectivity index (χ4n) is 1.56. The first-order valence-corrected chi connectivity index (χ1v) is 7.19. The van der Waals surface area contributed by atoms with Crippen LogP contribution in [0.5, 0.6) is 0 Å². The molecule has 0 saturated heterocycles. The van der Waals surface area contributed by atoms with Crippen molar-refractivity contribution in [1.82, 2.24) is 24.3 Å². The van der Waals surface area contributed by atoms with E-state index in [1.165, 1.54) is 17.1 Å². The Labute approximate surface area is 111 Å². The summed E-state index contributed by atoms with van der Waals surface area (Å²) in [5, 5.41) is 7.90. The summed E-state index contributed by atoms with van der Waals surface area (Å²) < 4.78 is 29.6. The molecule has 2 aromatic heterocycles. The molecule has 0 fully saturated rings. The minimum atomic E-state index is -3.56. The first-order chi connectivity index (χ1) is 9.01. The molecule has 3 N–H and O–H groups in total. The minimum Gasteiger partial charge on any atom is -0.329 e. The van der Waals surface area contributed by atoms with Crippen molar-refractivity contribution in [3.8, 4) is 0 Å². The highest BCUT2D eigenvalue weighted by Gasteiger charge is 2.16. The summed E-state index contributed by atoms with van der Waals surface area (Å²) in [6.45, 7) is 1.08. The summed E-state index contributed by atoms with van der Waals surface area (Å²) in [6.07, 6.45) is 6.13. The lowest BCUT2D eigenvalue weighted by molar-refractivity contribution is 0.580. The second kappa shape index (κ2) is 5.51. The molecule has 0 aliphatic heterocycles. The van der Waals surface area contributed by atoms with Gasteiger partial charge in [0.1, 0.15) is 4.90 Å². The maximum atomic E-state index is 12.0. The lowest BCUT2D eigenvalue weighted by atomic mass is 10.4. The molecule has 0 spiro atoms. The van der Waals surface area contributed by atoms with Crippen LogP contribution in [0.2, 0.25) is 0 Å². The van der Waals surface area contributed by atoms with Crippen molar-refractivity contribution in [3.05, 3.63) is 30.4 Å². The highest BCUT2D eigenvalue weighted by atomic mass is 32.2. The molecule has 2 heterocycles. The number of nitrogens with two attached hydrogens (primary N) is 1. The van der Waals surface area contributed by atoms with Gasteiger partial charge < -0.3 is 5.73 Å². The van der Waals surface area contributed by atoms with Crippen molar-refractivity contribution in [1.29, 1.82) is 0 Å². The highest BCUT2D eigenvalue weighted by Crippen LogP contribution is 2.08. The first kappa shape index (κ1) is 13.7. The van der Waals surface area contributed by atoms with Crippen LogP contribution in [0.1, 0.15) is 5.56 Å².